The monoisotopic (exact) mass is 222 g/mol. The third-order valence-electron chi connectivity index (χ3n) is 3.25. The average Bonchev–Trinajstić information content (AvgIpc) is 2.85. The molecular formula is C12H18N2O2. The van der Waals surface area contributed by atoms with Crippen LogP contribution in [0.2, 0.25) is 0 Å². The van der Waals surface area contributed by atoms with Crippen LogP contribution >= 0.6 is 0 Å². The number of hydrogen-bond acceptors (Lipinski definition) is 2. The quantitative estimate of drug-likeness (QED) is 0.804. The summed E-state index contributed by atoms with van der Waals surface area (Å²) in [6.07, 6.45) is 8.70. The van der Waals surface area contributed by atoms with Crippen molar-refractivity contribution >= 4 is 5.97 Å². The highest BCUT2D eigenvalue weighted by Crippen LogP contribution is 2.32. The van der Waals surface area contributed by atoms with Crippen molar-refractivity contribution in [3.63, 3.8) is 0 Å². The molecule has 88 valence electrons. The van der Waals surface area contributed by atoms with Crippen molar-refractivity contribution in [2.24, 2.45) is 0 Å². The van der Waals surface area contributed by atoms with E-state index in [0.29, 0.717) is 12.3 Å². The molecule has 1 saturated carbocycles. The van der Waals surface area contributed by atoms with Gasteiger partial charge >= 0.3 is 5.97 Å². The molecule has 0 amide bonds. The first-order chi connectivity index (χ1) is 7.75. The predicted molar refractivity (Wildman–Crippen MR) is 60.4 cm³/mol. The Morgan fingerprint density at radius 1 is 1.50 bits per heavy atom. The van der Waals surface area contributed by atoms with E-state index in [4.69, 9.17) is 5.11 Å². The number of aromatic nitrogens is 2. The normalized spacial score (nSPS) is 16.8. The van der Waals surface area contributed by atoms with Gasteiger partial charge in [-0.15, -0.1) is 0 Å². The van der Waals surface area contributed by atoms with E-state index in [1.54, 1.807) is 0 Å². The Morgan fingerprint density at radius 2 is 2.25 bits per heavy atom. The van der Waals surface area contributed by atoms with Crippen LogP contribution in [0, 0.1) is 0 Å². The summed E-state index contributed by atoms with van der Waals surface area (Å²) in [5.74, 6) is 0.853. The van der Waals surface area contributed by atoms with E-state index in [9.17, 15) is 4.79 Å². The highest BCUT2D eigenvalue weighted by Gasteiger charge is 2.18. The molecule has 1 aliphatic carbocycles. The van der Waals surface area contributed by atoms with Crippen molar-refractivity contribution in [3.8, 4) is 0 Å². The second-order valence-electron chi connectivity index (χ2n) is 4.51. The largest absolute Gasteiger partial charge is 0.481 e. The van der Waals surface area contributed by atoms with Gasteiger partial charge in [0.1, 0.15) is 5.82 Å². The first-order valence-corrected chi connectivity index (χ1v) is 6.01. The third-order valence-corrected chi connectivity index (χ3v) is 3.25. The molecule has 0 aliphatic heterocycles. The van der Waals surface area contributed by atoms with Crippen molar-refractivity contribution in [1.82, 2.24) is 9.97 Å². The number of nitrogens with one attached hydrogen (secondary N) is 1. The Kier molecular flexibility index (Phi) is 3.59. The zero-order chi connectivity index (χ0) is 11.4. The van der Waals surface area contributed by atoms with Gasteiger partial charge in [-0.2, -0.15) is 0 Å². The molecule has 0 bridgehead atoms. The van der Waals surface area contributed by atoms with Crippen LogP contribution in [-0.4, -0.2) is 21.0 Å². The van der Waals surface area contributed by atoms with Crippen LogP contribution < -0.4 is 0 Å². The molecule has 16 heavy (non-hydrogen) atoms. The van der Waals surface area contributed by atoms with Crippen LogP contribution in [-0.2, 0) is 11.2 Å². The lowest BCUT2D eigenvalue weighted by atomic mass is 10.1. The molecule has 1 heterocycles. The van der Waals surface area contributed by atoms with Crippen LogP contribution in [0.4, 0.5) is 0 Å². The van der Waals surface area contributed by atoms with Gasteiger partial charge in [0.25, 0.3) is 0 Å². The Morgan fingerprint density at radius 3 is 2.94 bits per heavy atom. The first kappa shape index (κ1) is 11.2. The predicted octanol–water partition coefficient (Wildman–Crippen LogP) is 2.47. The number of nitrogens with zero attached hydrogens (tertiary/aromatic N) is 1. The number of imidazole rings is 1. The van der Waals surface area contributed by atoms with E-state index in [1.807, 2.05) is 6.20 Å². The van der Waals surface area contributed by atoms with Crippen molar-refractivity contribution in [1.29, 1.82) is 0 Å². The van der Waals surface area contributed by atoms with Gasteiger partial charge in [-0.25, -0.2) is 4.98 Å². The SMILES string of the molecule is O=C(O)CCCc1ncc(C2CCCC2)[nH]1. The summed E-state index contributed by atoms with van der Waals surface area (Å²) in [6.45, 7) is 0. The summed E-state index contributed by atoms with van der Waals surface area (Å²) in [6, 6.07) is 0. The van der Waals surface area contributed by atoms with Crippen LogP contribution in [0.1, 0.15) is 56.0 Å². The summed E-state index contributed by atoms with van der Waals surface area (Å²) in [5.41, 5.74) is 1.24. The number of aryl methyl sites for hydroxylation is 1. The second kappa shape index (κ2) is 5.14. The zero-order valence-electron chi connectivity index (χ0n) is 9.41. The lowest BCUT2D eigenvalue weighted by Crippen LogP contribution is -1.97. The Labute approximate surface area is 95.1 Å². The maximum atomic E-state index is 10.4. The standard InChI is InChI=1S/C12H18N2O2/c15-12(16)7-3-6-11-13-8-10(14-11)9-4-1-2-5-9/h8-9H,1-7H2,(H,13,14)(H,15,16). The van der Waals surface area contributed by atoms with Crippen LogP contribution in [0.3, 0.4) is 0 Å². The van der Waals surface area contributed by atoms with Crippen molar-refractivity contribution < 1.29 is 9.90 Å². The van der Waals surface area contributed by atoms with Gasteiger partial charge in [0.05, 0.1) is 0 Å². The highest BCUT2D eigenvalue weighted by molar-refractivity contribution is 5.66. The summed E-state index contributed by atoms with van der Waals surface area (Å²) in [4.78, 5) is 18.0. The first-order valence-electron chi connectivity index (χ1n) is 6.01. The minimum atomic E-state index is -0.734. The van der Waals surface area contributed by atoms with Crippen LogP contribution in [0.5, 0.6) is 0 Å². The number of hydrogen-bond donors (Lipinski definition) is 2. The molecule has 0 aromatic carbocycles. The second-order valence-corrected chi connectivity index (χ2v) is 4.51. The lowest BCUT2D eigenvalue weighted by Gasteiger charge is -2.04. The zero-order valence-corrected chi connectivity index (χ0v) is 9.41. The summed E-state index contributed by atoms with van der Waals surface area (Å²) in [5, 5.41) is 8.54. The minimum Gasteiger partial charge on any atom is -0.481 e. The minimum absolute atomic E-state index is 0.222. The average molecular weight is 222 g/mol. The van der Waals surface area contributed by atoms with E-state index in [2.05, 4.69) is 9.97 Å². The number of carbonyl (C=O) groups is 1. The number of aliphatic carboxylic acids is 1. The van der Waals surface area contributed by atoms with Crippen molar-refractivity contribution in [3.05, 3.63) is 17.7 Å². The molecule has 1 aromatic heterocycles. The molecule has 1 aliphatic rings. The number of H-pyrrole nitrogens is 1. The molecule has 0 spiro atoms. The molecule has 4 heteroatoms. The number of aromatic amines is 1. The van der Waals surface area contributed by atoms with Gasteiger partial charge in [-0.05, 0) is 19.3 Å². The van der Waals surface area contributed by atoms with Gasteiger partial charge in [0.2, 0.25) is 0 Å². The van der Waals surface area contributed by atoms with Crippen molar-refractivity contribution in [2.75, 3.05) is 0 Å². The highest BCUT2D eigenvalue weighted by atomic mass is 16.4. The van der Waals surface area contributed by atoms with Gasteiger partial charge in [0.15, 0.2) is 0 Å². The van der Waals surface area contributed by atoms with Crippen LogP contribution in [0.15, 0.2) is 6.20 Å². The van der Waals surface area contributed by atoms with Crippen LogP contribution in [0.25, 0.3) is 0 Å². The molecule has 2 rings (SSSR count). The van der Waals surface area contributed by atoms with Gasteiger partial charge < -0.3 is 10.1 Å². The molecule has 1 fully saturated rings. The van der Waals surface area contributed by atoms with Gasteiger partial charge in [-0.3, -0.25) is 4.79 Å². The van der Waals surface area contributed by atoms with E-state index in [-0.39, 0.29) is 6.42 Å². The Bertz CT molecular complexity index is 354. The van der Waals surface area contributed by atoms with E-state index in [1.165, 1.54) is 31.4 Å². The fourth-order valence-electron chi connectivity index (χ4n) is 2.36. The fraction of sp³-hybridized carbons (Fsp3) is 0.667. The fourth-order valence-corrected chi connectivity index (χ4v) is 2.36. The summed E-state index contributed by atoms with van der Waals surface area (Å²) < 4.78 is 0. The Hall–Kier alpha value is -1.32. The van der Waals surface area contributed by atoms with Gasteiger partial charge in [0, 0.05) is 30.7 Å². The topological polar surface area (TPSA) is 66.0 Å². The number of rotatable bonds is 5. The van der Waals surface area contributed by atoms with E-state index >= 15 is 0 Å². The summed E-state index contributed by atoms with van der Waals surface area (Å²) in [7, 11) is 0. The molecule has 4 nitrogen and oxygen atoms in total. The number of carboxylic acid groups (broad SMARTS) is 1. The maximum absolute atomic E-state index is 10.4. The van der Waals surface area contributed by atoms with E-state index < -0.39 is 5.97 Å². The van der Waals surface area contributed by atoms with Gasteiger partial charge in [-0.1, -0.05) is 12.8 Å². The van der Waals surface area contributed by atoms with Crippen molar-refractivity contribution in [2.45, 2.75) is 50.9 Å². The molecular weight excluding hydrogens is 204 g/mol. The molecule has 2 N–H and O–H groups in total. The maximum Gasteiger partial charge on any atom is 0.303 e. The molecule has 1 aromatic rings. The van der Waals surface area contributed by atoms with E-state index in [0.717, 1.165) is 12.2 Å². The molecule has 0 unspecified atom stereocenters. The number of carboxylic acids is 1. The lowest BCUT2D eigenvalue weighted by molar-refractivity contribution is -0.137. The third kappa shape index (κ3) is 2.84. The molecule has 0 saturated heterocycles. The molecule has 0 radical (unpaired) electrons. The summed E-state index contributed by atoms with van der Waals surface area (Å²) >= 11 is 0. The smallest absolute Gasteiger partial charge is 0.303 e. The Balaban J connectivity index is 1.84. The molecule has 0 atom stereocenters.